The number of para-hydroxylation sites is 1. The van der Waals surface area contributed by atoms with Crippen molar-refractivity contribution < 1.29 is 9.50 Å². The monoisotopic (exact) mass is 231 g/mol. The number of aliphatic hydroxyl groups excluding tert-OH is 1. The van der Waals surface area contributed by atoms with Gasteiger partial charge in [-0.3, -0.25) is 0 Å². The predicted octanol–water partition coefficient (Wildman–Crippen LogP) is 2.97. The summed E-state index contributed by atoms with van der Waals surface area (Å²) in [5.74, 6) is -0.273. The third-order valence-electron chi connectivity index (χ3n) is 2.57. The van der Waals surface area contributed by atoms with Crippen LogP contribution in [0, 0.1) is 5.82 Å². The first kappa shape index (κ1) is 11.6. The van der Waals surface area contributed by atoms with Crippen LogP contribution in [0.15, 0.2) is 54.6 Å². The quantitative estimate of drug-likeness (QED) is 0.847. The summed E-state index contributed by atoms with van der Waals surface area (Å²) in [6.45, 7) is -0.0411. The number of anilines is 1. The summed E-state index contributed by atoms with van der Waals surface area (Å²) < 4.78 is 12.8. The van der Waals surface area contributed by atoms with Crippen molar-refractivity contribution in [3.63, 3.8) is 0 Å². The van der Waals surface area contributed by atoms with Crippen molar-refractivity contribution in [2.45, 2.75) is 6.04 Å². The minimum absolute atomic E-state index is 0.0411. The smallest absolute Gasteiger partial charge is 0.123 e. The zero-order valence-corrected chi connectivity index (χ0v) is 9.31. The van der Waals surface area contributed by atoms with Gasteiger partial charge in [-0.05, 0) is 29.8 Å². The molecule has 2 N–H and O–H groups in total. The summed E-state index contributed by atoms with van der Waals surface area (Å²) in [5, 5.41) is 12.5. The zero-order valence-electron chi connectivity index (χ0n) is 9.31. The SMILES string of the molecule is OCC(Nc1ccccc1)c1ccc(F)cc1. The van der Waals surface area contributed by atoms with Crippen molar-refractivity contribution in [1.29, 1.82) is 0 Å². The lowest BCUT2D eigenvalue weighted by molar-refractivity contribution is 0.276. The second-order valence-electron chi connectivity index (χ2n) is 3.80. The summed E-state index contributed by atoms with van der Waals surface area (Å²) in [7, 11) is 0. The van der Waals surface area contributed by atoms with Crippen LogP contribution in [0.3, 0.4) is 0 Å². The van der Waals surface area contributed by atoms with Crippen LogP contribution in [-0.2, 0) is 0 Å². The highest BCUT2D eigenvalue weighted by Gasteiger charge is 2.09. The number of hydrogen-bond donors (Lipinski definition) is 2. The van der Waals surface area contributed by atoms with Gasteiger partial charge < -0.3 is 10.4 Å². The molecule has 0 aromatic heterocycles. The highest BCUT2D eigenvalue weighted by atomic mass is 19.1. The third kappa shape index (κ3) is 3.04. The maximum absolute atomic E-state index is 12.8. The molecule has 1 unspecified atom stereocenters. The number of rotatable bonds is 4. The molecule has 0 aliphatic rings. The normalized spacial score (nSPS) is 12.1. The molecule has 0 saturated heterocycles. The third-order valence-corrected chi connectivity index (χ3v) is 2.57. The molecule has 17 heavy (non-hydrogen) atoms. The first-order chi connectivity index (χ1) is 8.29. The number of hydrogen-bond acceptors (Lipinski definition) is 2. The van der Waals surface area contributed by atoms with E-state index in [1.54, 1.807) is 12.1 Å². The van der Waals surface area contributed by atoms with E-state index in [0.29, 0.717) is 0 Å². The maximum atomic E-state index is 12.8. The second kappa shape index (κ2) is 5.46. The highest BCUT2D eigenvalue weighted by molar-refractivity contribution is 5.45. The lowest BCUT2D eigenvalue weighted by atomic mass is 10.1. The summed E-state index contributed by atoms with van der Waals surface area (Å²) in [6.07, 6.45) is 0. The van der Waals surface area contributed by atoms with E-state index in [4.69, 9.17) is 0 Å². The molecular formula is C14H14FNO. The van der Waals surface area contributed by atoms with Crippen LogP contribution in [0.1, 0.15) is 11.6 Å². The average molecular weight is 231 g/mol. The van der Waals surface area contributed by atoms with E-state index in [-0.39, 0.29) is 18.5 Å². The molecule has 2 aromatic carbocycles. The Kier molecular flexibility index (Phi) is 3.73. The fourth-order valence-corrected chi connectivity index (χ4v) is 1.67. The van der Waals surface area contributed by atoms with Gasteiger partial charge in [-0.2, -0.15) is 0 Å². The fourth-order valence-electron chi connectivity index (χ4n) is 1.67. The zero-order chi connectivity index (χ0) is 12.1. The molecule has 3 heteroatoms. The first-order valence-corrected chi connectivity index (χ1v) is 5.47. The van der Waals surface area contributed by atoms with E-state index in [0.717, 1.165) is 11.3 Å². The van der Waals surface area contributed by atoms with Gasteiger partial charge in [0.15, 0.2) is 0 Å². The van der Waals surface area contributed by atoms with Gasteiger partial charge >= 0.3 is 0 Å². The Bertz CT molecular complexity index is 455. The summed E-state index contributed by atoms with van der Waals surface area (Å²) in [5.41, 5.74) is 1.79. The molecule has 0 aliphatic heterocycles. The Morgan fingerprint density at radius 3 is 2.24 bits per heavy atom. The standard InChI is InChI=1S/C14H14FNO/c15-12-8-6-11(7-9-12)14(10-17)16-13-4-2-1-3-5-13/h1-9,14,16-17H,10H2. The predicted molar refractivity (Wildman–Crippen MR) is 66.3 cm³/mol. The van der Waals surface area contributed by atoms with Crippen LogP contribution in [0.25, 0.3) is 0 Å². The lowest BCUT2D eigenvalue weighted by Gasteiger charge is -2.17. The molecule has 2 nitrogen and oxygen atoms in total. The molecule has 0 heterocycles. The largest absolute Gasteiger partial charge is 0.394 e. The number of halogens is 1. The van der Waals surface area contributed by atoms with Crippen molar-refractivity contribution >= 4 is 5.69 Å². The fraction of sp³-hybridized carbons (Fsp3) is 0.143. The summed E-state index contributed by atoms with van der Waals surface area (Å²) >= 11 is 0. The van der Waals surface area contributed by atoms with Gasteiger partial charge in [0.1, 0.15) is 5.82 Å². The van der Waals surface area contributed by atoms with E-state index >= 15 is 0 Å². The number of benzene rings is 2. The van der Waals surface area contributed by atoms with Gasteiger partial charge in [0, 0.05) is 5.69 Å². The Balaban J connectivity index is 2.14. The topological polar surface area (TPSA) is 32.3 Å². The van der Waals surface area contributed by atoms with Crippen LogP contribution in [0.5, 0.6) is 0 Å². The molecule has 0 saturated carbocycles. The van der Waals surface area contributed by atoms with E-state index in [9.17, 15) is 9.50 Å². The summed E-state index contributed by atoms with van der Waals surface area (Å²) in [4.78, 5) is 0. The van der Waals surface area contributed by atoms with Crippen LogP contribution < -0.4 is 5.32 Å². The molecule has 2 aromatic rings. The van der Waals surface area contributed by atoms with Crippen molar-refractivity contribution in [2.75, 3.05) is 11.9 Å². The van der Waals surface area contributed by atoms with Crippen molar-refractivity contribution in [2.24, 2.45) is 0 Å². The van der Waals surface area contributed by atoms with Crippen molar-refractivity contribution in [3.8, 4) is 0 Å². The van der Waals surface area contributed by atoms with Gasteiger partial charge in [-0.1, -0.05) is 30.3 Å². The van der Waals surface area contributed by atoms with Crippen molar-refractivity contribution in [3.05, 3.63) is 66.0 Å². The summed E-state index contributed by atoms with van der Waals surface area (Å²) in [6, 6.07) is 15.5. The Labute approximate surface area is 99.7 Å². The van der Waals surface area contributed by atoms with E-state index in [2.05, 4.69) is 5.32 Å². The molecule has 0 radical (unpaired) electrons. The van der Waals surface area contributed by atoms with Crippen molar-refractivity contribution in [1.82, 2.24) is 0 Å². The Hall–Kier alpha value is -1.87. The van der Waals surface area contributed by atoms with Gasteiger partial charge in [0.25, 0.3) is 0 Å². The molecule has 0 aliphatic carbocycles. The van der Waals surface area contributed by atoms with Crippen LogP contribution in [0.2, 0.25) is 0 Å². The molecule has 2 rings (SSSR count). The molecular weight excluding hydrogens is 217 g/mol. The maximum Gasteiger partial charge on any atom is 0.123 e. The molecule has 1 atom stereocenters. The van der Waals surface area contributed by atoms with Gasteiger partial charge in [0.2, 0.25) is 0 Å². The number of nitrogens with one attached hydrogen (secondary N) is 1. The van der Waals surface area contributed by atoms with Gasteiger partial charge in [-0.15, -0.1) is 0 Å². The van der Waals surface area contributed by atoms with E-state index in [1.807, 2.05) is 30.3 Å². The highest BCUT2D eigenvalue weighted by Crippen LogP contribution is 2.19. The van der Waals surface area contributed by atoms with Crippen LogP contribution in [0.4, 0.5) is 10.1 Å². The van der Waals surface area contributed by atoms with E-state index < -0.39 is 0 Å². The van der Waals surface area contributed by atoms with Crippen LogP contribution >= 0.6 is 0 Å². The number of aliphatic hydroxyl groups is 1. The molecule has 0 bridgehead atoms. The van der Waals surface area contributed by atoms with E-state index in [1.165, 1.54) is 12.1 Å². The second-order valence-corrected chi connectivity index (χ2v) is 3.80. The average Bonchev–Trinajstić information content (AvgIpc) is 2.38. The molecule has 0 fully saturated rings. The van der Waals surface area contributed by atoms with Crippen LogP contribution in [-0.4, -0.2) is 11.7 Å². The minimum atomic E-state index is -0.273. The first-order valence-electron chi connectivity index (χ1n) is 5.47. The van der Waals surface area contributed by atoms with Gasteiger partial charge in [0.05, 0.1) is 12.6 Å². The van der Waals surface area contributed by atoms with Gasteiger partial charge in [-0.25, -0.2) is 4.39 Å². The Morgan fingerprint density at radius 1 is 1.00 bits per heavy atom. The minimum Gasteiger partial charge on any atom is -0.394 e. The Morgan fingerprint density at radius 2 is 1.65 bits per heavy atom. The molecule has 88 valence electrons. The molecule has 0 amide bonds. The lowest BCUT2D eigenvalue weighted by Crippen LogP contribution is -2.14. The molecule has 0 spiro atoms.